The molecule has 1 aromatic heterocycles. The Hall–Kier alpha value is -3.34. The third-order valence-electron chi connectivity index (χ3n) is 4.30. The molecule has 0 atom stereocenters. The van der Waals surface area contributed by atoms with Crippen LogP contribution in [-0.2, 0) is 6.54 Å². The van der Waals surface area contributed by atoms with Gasteiger partial charge in [0.1, 0.15) is 11.6 Å². The molecule has 0 N–H and O–H groups in total. The number of ether oxygens (including phenoxy) is 1. The van der Waals surface area contributed by atoms with Gasteiger partial charge >= 0.3 is 0 Å². The summed E-state index contributed by atoms with van der Waals surface area (Å²) in [5.74, 6) is 1.23. The molecule has 5 nitrogen and oxygen atoms in total. The Balaban J connectivity index is 1.90. The van der Waals surface area contributed by atoms with Crippen LogP contribution in [-0.4, -0.2) is 32.1 Å². The molecule has 5 heteroatoms. The number of hydrogen-bond acceptors (Lipinski definition) is 4. The van der Waals surface area contributed by atoms with Crippen LogP contribution in [0.1, 0.15) is 15.9 Å². The topological polar surface area (TPSA) is 45.7 Å². The van der Waals surface area contributed by atoms with Crippen LogP contribution in [0.4, 0.5) is 11.5 Å². The summed E-state index contributed by atoms with van der Waals surface area (Å²) in [4.78, 5) is 21.3. The van der Waals surface area contributed by atoms with Crippen LogP contribution in [0.2, 0.25) is 0 Å². The van der Waals surface area contributed by atoms with Crippen molar-refractivity contribution in [3.8, 4) is 5.75 Å². The highest BCUT2D eigenvalue weighted by molar-refractivity contribution is 6.05. The number of anilines is 2. The first-order chi connectivity index (χ1) is 13.1. The van der Waals surface area contributed by atoms with Crippen molar-refractivity contribution in [1.82, 2.24) is 4.98 Å². The summed E-state index contributed by atoms with van der Waals surface area (Å²) in [5.41, 5.74) is 2.74. The van der Waals surface area contributed by atoms with E-state index in [2.05, 4.69) is 4.98 Å². The van der Waals surface area contributed by atoms with Gasteiger partial charge in [-0.2, -0.15) is 0 Å². The van der Waals surface area contributed by atoms with E-state index in [4.69, 9.17) is 4.74 Å². The van der Waals surface area contributed by atoms with E-state index in [1.54, 1.807) is 42.5 Å². The van der Waals surface area contributed by atoms with Crippen molar-refractivity contribution in [1.29, 1.82) is 0 Å². The maximum absolute atomic E-state index is 13.2. The molecule has 0 radical (unpaired) electrons. The zero-order valence-electron chi connectivity index (χ0n) is 15.8. The molecular weight excluding hydrogens is 338 g/mol. The highest BCUT2D eigenvalue weighted by atomic mass is 16.5. The minimum atomic E-state index is -0.104. The Bertz CT molecular complexity index is 876. The van der Waals surface area contributed by atoms with Crippen molar-refractivity contribution in [3.05, 3.63) is 84.1 Å². The van der Waals surface area contributed by atoms with E-state index in [0.29, 0.717) is 17.9 Å². The minimum Gasteiger partial charge on any atom is -0.497 e. The molecule has 138 valence electrons. The van der Waals surface area contributed by atoms with Crippen molar-refractivity contribution in [3.63, 3.8) is 0 Å². The molecule has 0 fully saturated rings. The fourth-order valence-corrected chi connectivity index (χ4v) is 2.74. The Morgan fingerprint density at radius 3 is 2.22 bits per heavy atom. The van der Waals surface area contributed by atoms with Crippen LogP contribution in [0, 0.1) is 0 Å². The van der Waals surface area contributed by atoms with Gasteiger partial charge in [0.25, 0.3) is 5.91 Å². The highest BCUT2D eigenvalue weighted by Gasteiger charge is 2.19. The van der Waals surface area contributed by atoms with Crippen LogP contribution in [0.5, 0.6) is 5.75 Å². The number of benzene rings is 2. The van der Waals surface area contributed by atoms with Crippen molar-refractivity contribution < 1.29 is 9.53 Å². The molecule has 0 aliphatic rings. The summed E-state index contributed by atoms with van der Waals surface area (Å²) >= 11 is 0. The lowest BCUT2D eigenvalue weighted by atomic mass is 10.1. The lowest BCUT2D eigenvalue weighted by Gasteiger charge is -2.22. The zero-order valence-corrected chi connectivity index (χ0v) is 15.8. The van der Waals surface area contributed by atoms with Gasteiger partial charge in [-0.1, -0.05) is 18.2 Å². The molecular formula is C22H23N3O2. The van der Waals surface area contributed by atoms with E-state index in [-0.39, 0.29) is 5.91 Å². The highest BCUT2D eigenvalue weighted by Crippen LogP contribution is 2.21. The first-order valence-corrected chi connectivity index (χ1v) is 8.71. The zero-order chi connectivity index (χ0) is 19.2. The quantitative estimate of drug-likeness (QED) is 0.666. The van der Waals surface area contributed by atoms with Gasteiger partial charge < -0.3 is 9.64 Å². The van der Waals surface area contributed by atoms with Crippen LogP contribution >= 0.6 is 0 Å². The second kappa shape index (κ2) is 8.36. The lowest BCUT2D eigenvalue weighted by molar-refractivity contribution is 0.0984. The summed E-state index contributed by atoms with van der Waals surface area (Å²) in [6, 6.07) is 20.8. The van der Waals surface area contributed by atoms with Gasteiger partial charge in [0.15, 0.2) is 0 Å². The van der Waals surface area contributed by atoms with Crippen molar-refractivity contribution in [2.75, 3.05) is 31.0 Å². The Labute approximate surface area is 159 Å². The van der Waals surface area contributed by atoms with Gasteiger partial charge in [0.2, 0.25) is 0 Å². The predicted octanol–water partition coefficient (Wildman–Crippen LogP) is 4.00. The van der Waals surface area contributed by atoms with E-state index < -0.39 is 0 Å². The Morgan fingerprint density at radius 1 is 0.963 bits per heavy atom. The van der Waals surface area contributed by atoms with Crippen molar-refractivity contribution in [2.45, 2.75) is 6.54 Å². The lowest BCUT2D eigenvalue weighted by Crippen LogP contribution is -2.31. The number of aromatic nitrogens is 1. The number of pyridine rings is 1. The molecule has 0 bridgehead atoms. The SMILES string of the molecule is COc1ccc(C(=O)N(Cc2ccc(N(C)C)cc2)c2ccccn2)cc1. The van der Waals surface area contributed by atoms with Crippen LogP contribution in [0.3, 0.4) is 0 Å². The molecule has 0 saturated heterocycles. The maximum Gasteiger partial charge on any atom is 0.259 e. The van der Waals surface area contributed by atoms with E-state index >= 15 is 0 Å². The summed E-state index contributed by atoms with van der Waals surface area (Å²) in [6.45, 7) is 0.440. The van der Waals surface area contributed by atoms with Crippen LogP contribution in [0.15, 0.2) is 72.9 Å². The second-order valence-corrected chi connectivity index (χ2v) is 6.37. The van der Waals surface area contributed by atoms with Gasteiger partial charge in [-0.3, -0.25) is 9.69 Å². The van der Waals surface area contributed by atoms with Gasteiger partial charge in [-0.15, -0.1) is 0 Å². The van der Waals surface area contributed by atoms with Gasteiger partial charge in [0.05, 0.1) is 13.7 Å². The normalized spacial score (nSPS) is 10.3. The second-order valence-electron chi connectivity index (χ2n) is 6.37. The molecule has 27 heavy (non-hydrogen) atoms. The van der Waals surface area contributed by atoms with Gasteiger partial charge in [-0.05, 0) is 54.1 Å². The average Bonchev–Trinajstić information content (AvgIpc) is 2.72. The number of hydrogen-bond donors (Lipinski definition) is 0. The minimum absolute atomic E-state index is 0.104. The van der Waals surface area contributed by atoms with Gasteiger partial charge in [-0.25, -0.2) is 4.98 Å². The summed E-state index contributed by atoms with van der Waals surface area (Å²) in [6.07, 6.45) is 1.69. The van der Waals surface area contributed by atoms with E-state index in [0.717, 1.165) is 17.0 Å². The number of amides is 1. The number of carbonyl (C=O) groups excluding carboxylic acids is 1. The number of carbonyl (C=O) groups is 1. The standard InChI is InChI=1S/C22H23N3O2/c1-24(2)19-11-7-17(8-12-19)16-25(21-6-4-5-15-23-21)22(26)18-9-13-20(27-3)14-10-18/h4-15H,16H2,1-3H3. The van der Waals surface area contributed by atoms with E-state index in [1.165, 1.54) is 0 Å². The summed E-state index contributed by atoms with van der Waals surface area (Å²) in [5, 5.41) is 0. The van der Waals surface area contributed by atoms with Crippen molar-refractivity contribution >= 4 is 17.4 Å². The third-order valence-corrected chi connectivity index (χ3v) is 4.30. The number of rotatable bonds is 6. The smallest absolute Gasteiger partial charge is 0.259 e. The van der Waals surface area contributed by atoms with E-state index in [9.17, 15) is 4.79 Å². The third kappa shape index (κ3) is 4.44. The summed E-state index contributed by atoms with van der Waals surface area (Å²) in [7, 11) is 5.61. The van der Waals surface area contributed by atoms with Crippen LogP contribution < -0.4 is 14.5 Å². The monoisotopic (exact) mass is 361 g/mol. The molecule has 0 aliphatic heterocycles. The Kier molecular flexibility index (Phi) is 5.71. The molecule has 0 unspecified atom stereocenters. The first kappa shape index (κ1) is 18.5. The van der Waals surface area contributed by atoms with Crippen molar-refractivity contribution in [2.24, 2.45) is 0 Å². The van der Waals surface area contributed by atoms with E-state index in [1.807, 2.05) is 61.5 Å². The number of nitrogens with zero attached hydrogens (tertiary/aromatic N) is 3. The molecule has 3 aromatic rings. The predicted molar refractivity (Wildman–Crippen MR) is 109 cm³/mol. The fraction of sp³-hybridized carbons (Fsp3) is 0.182. The molecule has 0 aliphatic carbocycles. The fourth-order valence-electron chi connectivity index (χ4n) is 2.74. The molecule has 2 aromatic carbocycles. The number of methoxy groups -OCH3 is 1. The Morgan fingerprint density at radius 2 is 1.67 bits per heavy atom. The average molecular weight is 361 g/mol. The molecule has 0 saturated carbocycles. The first-order valence-electron chi connectivity index (χ1n) is 8.71. The molecule has 0 spiro atoms. The largest absolute Gasteiger partial charge is 0.497 e. The summed E-state index contributed by atoms with van der Waals surface area (Å²) < 4.78 is 5.18. The van der Waals surface area contributed by atoms with Crippen LogP contribution in [0.25, 0.3) is 0 Å². The maximum atomic E-state index is 13.2. The molecule has 1 heterocycles. The molecule has 1 amide bonds. The molecule has 3 rings (SSSR count). The van der Waals surface area contributed by atoms with Gasteiger partial charge in [0, 0.05) is 31.5 Å².